The molecule has 0 amide bonds. The molecule has 2 heterocycles. The van der Waals surface area contributed by atoms with E-state index in [9.17, 15) is 5.11 Å². The van der Waals surface area contributed by atoms with Crippen molar-refractivity contribution in [1.29, 1.82) is 0 Å². The number of hydrogen-bond donors (Lipinski definition) is 1. The molecule has 4 heteroatoms. The zero-order valence-electron chi connectivity index (χ0n) is 9.43. The highest BCUT2D eigenvalue weighted by Gasteiger charge is 2.34. The molecule has 1 N–H and O–H groups in total. The zero-order valence-corrected chi connectivity index (χ0v) is 11.0. The Balaban J connectivity index is 1.84. The standard InChI is InChI=1S/C13H15ClO2S/c14-9-1-2-12-10(5-9)11(15)6-13(16-12)8-3-4-17-7-8/h1-2,5,8,11,13,15H,3-4,6-7H2/t8?,11-,13?/m0/s1. The van der Waals surface area contributed by atoms with Crippen molar-refractivity contribution in [2.24, 2.45) is 5.92 Å². The predicted octanol–water partition coefficient (Wildman–Crippen LogP) is 3.28. The molecule has 1 saturated heterocycles. The van der Waals surface area contributed by atoms with Crippen LogP contribution in [0.15, 0.2) is 18.2 Å². The third-order valence-corrected chi connectivity index (χ3v) is 4.98. The molecule has 0 aromatic heterocycles. The third-order valence-electron chi connectivity index (χ3n) is 3.56. The Morgan fingerprint density at radius 2 is 2.29 bits per heavy atom. The van der Waals surface area contributed by atoms with Gasteiger partial charge in [-0.3, -0.25) is 0 Å². The van der Waals surface area contributed by atoms with E-state index >= 15 is 0 Å². The first-order valence-electron chi connectivity index (χ1n) is 5.96. The molecule has 0 radical (unpaired) electrons. The van der Waals surface area contributed by atoms with Gasteiger partial charge in [0.15, 0.2) is 0 Å². The molecule has 3 atom stereocenters. The summed E-state index contributed by atoms with van der Waals surface area (Å²) in [5, 5.41) is 10.8. The van der Waals surface area contributed by atoms with Crippen LogP contribution in [0.3, 0.4) is 0 Å². The number of fused-ring (bicyclic) bond motifs is 1. The lowest BCUT2D eigenvalue weighted by Crippen LogP contribution is -2.32. The maximum Gasteiger partial charge on any atom is 0.125 e. The van der Waals surface area contributed by atoms with Crippen LogP contribution in [-0.4, -0.2) is 22.7 Å². The quantitative estimate of drug-likeness (QED) is 0.849. The van der Waals surface area contributed by atoms with Gasteiger partial charge in [0.1, 0.15) is 11.9 Å². The number of thioether (sulfide) groups is 1. The van der Waals surface area contributed by atoms with Crippen molar-refractivity contribution in [3.8, 4) is 5.75 Å². The molecule has 1 aromatic rings. The van der Waals surface area contributed by atoms with Crippen LogP contribution >= 0.6 is 23.4 Å². The van der Waals surface area contributed by atoms with E-state index in [1.165, 1.54) is 12.2 Å². The molecule has 17 heavy (non-hydrogen) atoms. The first-order chi connectivity index (χ1) is 8.24. The Bertz CT molecular complexity index is 418. The zero-order chi connectivity index (χ0) is 11.8. The van der Waals surface area contributed by atoms with Crippen LogP contribution in [0.25, 0.3) is 0 Å². The van der Waals surface area contributed by atoms with Crippen molar-refractivity contribution < 1.29 is 9.84 Å². The van der Waals surface area contributed by atoms with Gasteiger partial charge < -0.3 is 9.84 Å². The van der Waals surface area contributed by atoms with Crippen molar-refractivity contribution >= 4 is 23.4 Å². The second-order valence-electron chi connectivity index (χ2n) is 4.71. The van der Waals surface area contributed by atoms with Gasteiger partial charge in [-0.25, -0.2) is 0 Å². The summed E-state index contributed by atoms with van der Waals surface area (Å²) in [5.41, 5.74) is 0.833. The molecular formula is C13H15ClO2S. The summed E-state index contributed by atoms with van der Waals surface area (Å²) < 4.78 is 6.01. The normalized spacial score (nSPS) is 32.0. The van der Waals surface area contributed by atoms with Crippen LogP contribution in [0.2, 0.25) is 5.02 Å². The minimum Gasteiger partial charge on any atom is -0.490 e. The molecule has 2 aliphatic rings. The SMILES string of the molecule is O[C@H]1CC(C2CCSC2)Oc2ccc(Cl)cc21. The molecule has 0 aliphatic carbocycles. The highest BCUT2D eigenvalue weighted by atomic mass is 35.5. The van der Waals surface area contributed by atoms with Crippen molar-refractivity contribution in [2.45, 2.75) is 25.0 Å². The summed E-state index contributed by atoms with van der Waals surface area (Å²) >= 11 is 7.91. The van der Waals surface area contributed by atoms with Gasteiger partial charge in [-0.1, -0.05) is 11.6 Å². The fourth-order valence-electron chi connectivity index (χ4n) is 2.58. The van der Waals surface area contributed by atoms with Gasteiger partial charge in [-0.2, -0.15) is 11.8 Å². The van der Waals surface area contributed by atoms with Gasteiger partial charge in [0, 0.05) is 22.9 Å². The smallest absolute Gasteiger partial charge is 0.125 e. The van der Waals surface area contributed by atoms with E-state index in [1.54, 1.807) is 6.07 Å². The average Bonchev–Trinajstić information content (AvgIpc) is 2.83. The number of benzene rings is 1. The van der Waals surface area contributed by atoms with Crippen LogP contribution in [0.1, 0.15) is 24.5 Å². The summed E-state index contributed by atoms with van der Waals surface area (Å²) in [6.45, 7) is 0. The van der Waals surface area contributed by atoms with E-state index in [4.69, 9.17) is 16.3 Å². The summed E-state index contributed by atoms with van der Waals surface area (Å²) in [6, 6.07) is 5.50. The van der Waals surface area contributed by atoms with Gasteiger partial charge in [-0.05, 0) is 36.1 Å². The summed E-state index contributed by atoms with van der Waals surface area (Å²) in [6.07, 6.45) is 1.62. The molecule has 1 fully saturated rings. The van der Waals surface area contributed by atoms with Crippen molar-refractivity contribution in [2.75, 3.05) is 11.5 Å². The number of halogens is 1. The van der Waals surface area contributed by atoms with Gasteiger partial charge >= 0.3 is 0 Å². The lowest BCUT2D eigenvalue weighted by atomic mass is 9.91. The third kappa shape index (κ3) is 2.28. The molecule has 2 aliphatic heterocycles. The summed E-state index contributed by atoms with van der Waals surface area (Å²) in [5.74, 6) is 3.75. The fourth-order valence-corrected chi connectivity index (χ4v) is 4.08. The highest BCUT2D eigenvalue weighted by molar-refractivity contribution is 7.99. The lowest BCUT2D eigenvalue weighted by Gasteiger charge is -2.33. The Kier molecular flexibility index (Phi) is 3.24. The van der Waals surface area contributed by atoms with Crippen LogP contribution in [0.5, 0.6) is 5.75 Å². The summed E-state index contributed by atoms with van der Waals surface area (Å²) in [7, 11) is 0. The van der Waals surface area contributed by atoms with E-state index in [-0.39, 0.29) is 6.10 Å². The number of ether oxygens (including phenoxy) is 1. The van der Waals surface area contributed by atoms with Crippen molar-refractivity contribution in [3.63, 3.8) is 0 Å². The first kappa shape index (κ1) is 11.7. The Morgan fingerprint density at radius 3 is 3.06 bits per heavy atom. The Labute approximate surface area is 110 Å². The Hall–Kier alpha value is -0.380. The molecule has 3 rings (SSSR count). The first-order valence-corrected chi connectivity index (χ1v) is 7.49. The number of hydrogen-bond acceptors (Lipinski definition) is 3. The maximum absolute atomic E-state index is 10.2. The van der Waals surface area contributed by atoms with E-state index in [1.807, 2.05) is 23.9 Å². The molecule has 2 nitrogen and oxygen atoms in total. The van der Waals surface area contributed by atoms with Crippen LogP contribution in [0, 0.1) is 5.92 Å². The van der Waals surface area contributed by atoms with E-state index < -0.39 is 6.10 Å². The van der Waals surface area contributed by atoms with Crippen LogP contribution < -0.4 is 4.74 Å². The second-order valence-corrected chi connectivity index (χ2v) is 6.30. The maximum atomic E-state index is 10.2. The van der Waals surface area contributed by atoms with Crippen LogP contribution in [-0.2, 0) is 0 Å². The average molecular weight is 271 g/mol. The number of aliphatic hydroxyl groups excluding tert-OH is 1. The summed E-state index contributed by atoms with van der Waals surface area (Å²) in [4.78, 5) is 0. The fraction of sp³-hybridized carbons (Fsp3) is 0.538. The molecule has 92 valence electrons. The molecular weight excluding hydrogens is 256 g/mol. The highest BCUT2D eigenvalue weighted by Crippen LogP contribution is 2.40. The van der Waals surface area contributed by atoms with E-state index in [2.05, 4.69) is 0 Å². The topological polar surface area (TPSA) is 29.5 Å². The van der Waals surface area contributed by atoms with Crippen molar-refractivity contribution in [1.82, 2.24) is 0 Å². The van der Waals surface area contributed by atoms with E-state index in [0.717, 1.165) is 17.1 Å². The second kappa shape index (κ2) is 4.71. The number of aliphatic hydroxyl groups is 1. The van der Waals surface area contributed by atoms with Gasteiger partial charge in [0.05, 0.1) is 6.10 Å². The molecule has 0 bridgehead atoms. The monoisotopic (exact) mass is 270 g/mol. The van der Waals surface area contributed by atoms with Gasteiger partial charge in [0.25, 0.3) is 0 Å². The lowest BCUT2D eigenvalue weighted by molar-refractivity contribution is 0.0403. The molecule has 2 unspecified atom stereocenters. The predicted molar refractivity (Wildman–Crippen MR) is 70.9 cm³/mol. The molecule has 0 saturated carbocycles. The Morgan fingerprint density at radius 1 is 1.41 bits per heavy atom. The number of rotatable bonds is 1. The van der Waals surface area contributed by atoms with E-state index in [0.29, 0.717) is 17.4 Å². The minimum absolute atomic E-state index is 0.161. The van der Waals surface area contributed by atoms with Crippen LogP contribution in [0.4, 0.5) is 0 Å². The van der Waals surface area contributed by atoms with Gasteiger partial charge in [-0.15, -0.1) is 0 Å². The van der Waals surface area contributed by atoms with Crippen molar-refractivity contribution in [3.05, 3.63) is 28.8 Å². The van der Waals surface area contributed by atoms with Gasteiger partial charge in [0.2, 0.25) is 0 Å². The minimum atomic E-state index is -0.437. The largest absolute Gasteiger partial charge is 0.490 e. The molecule has 1 aromatic carbocycles. The molecule has 0 spiro atoms.